The first-order valence-electron chi connectivity index (χ1n) is 6.06. The summed E-state index contributed by atoms with van der Waals surface area (Å²) in [6.45, 7) is 1.76. The van der Waals surface area contributed by atoms with Gasteiger partial charge in [-0.15, -0.1) is 0 Å². The number of hydrazone groups is 1. The number of nitrogens with zero attached hydrogens (tertiary/aromatic N) is 1. The van der Waals surface area contributed by atoms with Crippen molar-refractivity contribution in [1.82, 2.24) is 5.43 Å². The minimum absolute atomic E-state index is 0.0817. The number of amides is 1. The quantitative estimate of drug-likeness (QED) is 0.453. The molecule has 5 nitrogen and oxygen atoms in total. The smallest absolute Gasteiger partial charge is 0.275 e. The van der Waals surface area contributed by atoms with Crippen molar-refractivity contribution in [2.75, 3.05) is 5.73 Å². The van der Waals surface area contributed by atoms with Crippen LogP contribution in [0.4, 0.5) is 5.69 Å². The first kappa shape index (κ1) is 13.6. The largest absolute Gasteiger partial charge is 0.507 e. The van der Waals surface area contributed by atoms with Crippen LogP contribution in [0.2, 0.25) is 0 Å². The van der Waals surface area contributed by atoms with Crippen LogP contribution in [0.25, 0.3) is 0 Å². The number of carbonyl (C=O) groups excluding carboxylic acids is 1. The molecule has 2 aromatic rings. The van der Waals surface area contributed by atoms with Gasteiger partial charge >= 0.3 is 0 Å². The monoisotopic (exact) mass is 269 g/mol. The van der Waals surface area contributed by atoms with Crippen LogP contribution in [0.1, 0.15) is 22.8 Å². The first-order valence-corrected chi connectivity index (χ1v) is 6.06. The van der Waals surface area contributed by atoms with E-state index in [2.05, 4.69) is 10.5 Å². The molecule has 1 amide bonds. The maximum Gasteiger partial charge on any atom is 0.275 e. The molecule has 0 unspecified atom stereocenters. The third kappa shape index (κ3) is 3.14. The summed E-state index contributed by atoms with van der Waals surface area (Å²) in [6, 6.07) is 13.5. The number of hydrogen-bond acceptors (Lipinski definition) is 4. The number of phenols is 1. The van der Waals surface area contributed by atoms with Gasteiger partial charge in [-0.3, -0.25) is 4.79 Å². The Bertz CT molecular complexity index is 666. The lowest BCUT2D eigenvalue weighted by Crippen LogP contribution is -2.19. The number of nitrogens with one attached hydrogen (secondary N) is 1. The van der Waals surface area contributed by atoms with Gasteiger partial charge in [-0.05, 0) is 36.8 Å². The average Bonchev–Trinajstić information content (AvgIpc) is 2.45. The predicted molar refractivity (Wildman–Crippen MR) is 78.6 cm³/mol. The summed E-state index contributed by atoms with van der Waals surface area (Å²) in [6.07, 6.45) is 0. The fourth-order valence-electron chi connectivity index (χ4n) is 1.69. The highest BCUT2D eigenvalue weighted by Crippen LogP contribution is 2.15. The van der Waals surface area contributed by atoms with Crippen LogP contribution in [0.3, 0.4) is 0 Å². The summed E-state index contributed by atoms with van der Waals surface area (Å²) in [5, 5.41) is 13.6. The van der Waals surface area contributed by atoms with E-state index in [9.17, 15) is 9.90 Å². The number of aromatic hydroxyl groups is 1. The molecule has 0 aliphatic carbocycles. The van der Waals surface area contributed by atoms with Crippen molar-refractivity contribution in [2.24, 2.45) is 5.10 Å². The molecule has 0 fully saturated rings. The number of carbonyl (C=O) groups is 1. The topological polar surface area (TPSA) is 87.7 Å². The van der Waals surface area contributed by atoms with E-state index in [-0.39, 0.29) is 11.3 Å². The van der Waals surface area contributed by atoms with Crippen LogP contribution in [-0.4, -0.2) is 16.7 Å². The lowest BCUT2D eigenvalue weighted by atomic mass is 10.1. The third-order valence-corrected chi connectivity index (χ3v) is 2.78. The van der Waals surface area contributed by atoms with Crippen molar-refractivity contribution in [2.45, 2.75) is 6.92 Å². The van der Waals surface area contributed by atoms with E-state index in [1.165, 1.54) is 12.1 Å². The van der Waals surface area contributed by atoms with Crippen LogP contribution in [0.15, 0.2) is 53.6 Å². The zero-order chi connectivity index (χ0) is 14.5. The summed E-state index contributed by atoms with van der Waals surface area (Å²) in [5.41, 5.74) is 10.3. The number of nitrogens with two attached hydrogens (primary N) is 1. The van der Waals surface area contributed by atoms with Gasteiger partial charge in [0.25, 0.3) is 5.91 Å². The molecular formula is C15H15N3O2. The number of phenolic OH excluding ortho intramolecular Hbond substituents is 1. The first-order chi connectivity index (χ1) is 9.58. The minimum Gasteiger partial charge on any atom is -0.507 e. The van der Waals surface area contributed by atoms with E-state index in [4.69, 9.17) is 5.73 Å². The highest BCUT2D eigenvalue weighted by Gasteiger charge is 2.09. The van der Waals surface area contributed by atoms with Crippen LogP contribution < -0.4 is 11.2 Å². The van der Waals surface area contributed by atoms with Gasteiger partial charge in [0.1, 0.15) is 5.75 Å². The molecule has 102 valence electrons. The van der Waals surface area contributed by atoms with Gasteiger partial charge in [-0.1, -0.05) is 24.3 Å². The molecule has 0 radical (unpaired) electrons. The third-order valence-electron chi connectivity index (χ3n) is 2.78. The Labute approximate surface area is 116 Å². The van der Waals surface area contributed by atoms with E-state index in [1.807, 2.05) is 12.1 Å². The van der Waals surface area contributed by atoms with Crippen molar-refractivity contribution in [3.05, 3.63) is 59.7 Å². The molecule has 0 heterocycles. The van der Waals surface area contributed by atoms with Crippen molar-refractivity contribution in [3.8, 4) is 5.75 Å². The van der Waals surface area contributed by atoms with Gasteiger partial charge in [-0.25, -0.2) is 5.43 Å². The minimum atomic E-state index is -0.466. The van der Waals surface area contributed by atoms with E-state index < -0.39 is 5.91 Å². The van der Waals surface area contributed by atoms with Gasteiger partial charge in [0.2, 0.25) is 0 Å². The Morgan fingerprint density at radius 1 is 1.20 bits per heavy atom. The lowest BCUT2D eigenvalue weighted by Gasteiger charge is -2.05. The van der Waals surface area contributed by atoms with E-state index in [0.29, 0.717) is 11.4 Å². The molecule has 0 atom stereocenters. The number of nitrogen functional groups attached to an aromatic ring is 1. The standard InChI is InChI=1S/C15H15N3O2/c1-10(11-5-4-6-12(16)9-11)17-18-15(20)13-7-2-3-8-14(13)19/h2-9,19H,16H2,1H3,(H,18,20). The van der Waals surface area contributed by atoms with Crippen molar-refractivity contribution in [3.63, 3.8) is 0 Å². The molecule has 5 heteroatoms. The van der Waals surface area contributed by atoms with E-state index in [1.54, 1.807) is 31.2 Å². The number of benzene rings is 2. The molecule has 0 aromatic heterocycles. The van der Waals surface area contributed by atoms with Crippen LogP contribution in [0.5, 0.6) is 5.75 Å². The molecule has 2 aromatic carbocycles. The Morgan fingerprint density at radius 2 is 1.95 bits per heavy atom. The molecule has 0 bridgehead atoms. The average molecular weight is 269 g/mol. The Kier molecular flexibility index (Phi) is 4.00. The number of para-hydroxylation sites is 1. The second-order valence-electron chi connectivity index (χ2n) is 4.28. The summed E-state index contributed by atoms with van der Waals surface area (Å²) in [4.78, 5) is 11.9. The molecule has 0 saturated carbocycles. The fraction of sp³-hybridized carbons (Fsp3) is 0.0667. The maximum atomic E-state index is 11.9. The maximum absolute atomic E-state index is 11.9. The molecule has 2 rings (SSSR count). The van der Waals surface area contributed by atoms with E-state index in [0.717, 1.165) is 5.56 Å². The van der Waals surface area contributed by atoms with Gasteiger partial charge < -0.3 is 10.8 Å². The second-order valence-corrected chi connectivity index (χ2v) is 4.28. The number of rotatable bonds is 3. The molecule has 0 spiro atoms. The number of hydrogen-bond donors (Lipinski definition) is 3. The fourth-order valence-corrected chi connectivity index (χ4v) is 1.69. The molecule has 4 N–H and O–H groups in total. The van der Waals surface area contributed by atoms with Crippen LogP contribution in [-0.2, 0) is 0 Å². The molecule has 0 aliphatic rings. The summed E-state index contributed by atoms with van der Waals surface area (Å²) in [7, 11) is 0. The molecule has 20 heavy (non-hydrogen) atoms. The van der Waals surface area contributed by atoms with Gasteiger partial charge in [0.05, 0.1) is 11.3 Å². The van der Waals surface area contributed by atoms with Crippen molar-refractivity contribution in [1.29, 1.82) is 0 Å². The summed E-state index contributed by atoms with van der Waals surface area (Å²) in [5.74, 6) is -0.548. The van der Waals surface area contributed by atoms with Crippen LogP contribution >= 0.6 is 0 Å². The normalized spacial score (nSPS) is 11.2. The zero-order valence-electron chi connectivity index (χ0n) is 11.0. The van der Waals surface area contributed by atoms with Crippen molar-refractivity contribution >= 4 is 17.3 Å². The Hall–Kier alpha value is -2.82. The molecular weight excluding hydrogens is 254 g/mol. The highest BCUT2D eigenvalue weighted by atomic mass is 16.3. The number of anilines is 1. The lowest BCUT2D eigenvalue weighted by molar-refractivity contribution is 0.0952. The van der Waals surface area contributed by atoms with Crippen molar-refractivity contribution < 1.29 is 9.90 Å². The summed E-state index contributed by atoms with van der Waals surface area (Å²) < 4.78 is 0. The molecule has 0 aliphatic heterocycles. The van der Waals surface area contributed by atoms with Crippen LogP contribution in [0, 0.1) is 0 Å². The Balaban J connectivity index is 2.13. The predicted octanol–water partition coefficient (Wildman–Crippen LogP) is 2.13. The Morgan fingerprint density at radius 3 is 2.65 bits per heavy atom. The van der Waals surface area contributed by atoms with Gasteiger partial charge in [0, 0.05) is 5.69 Å². The second kappa shape index (κ2) is 5.88. The summed E-state index contributed by atoms with van der Waals surface area (Å²) >= 11 is 0. The van der Waals surface area contributed by atoms with E-state index >= 15 is 0 Å². The van der Waals surface area contributed by atoms with Gasteiger partial charge in [-0.2, -0.15) is 5.10 Å². The zero-order valence-corrected chi connectivity index (χ0v) is 11.0. The SMILES string of the molecule is CC(=NNC(=O)c1ccccc1O)c1cccc(N)c1. The highest BCUT2D eigenvalue weighted by molar-refractivity contribution is 6.01. The molecule has 0 saturated heterocycles. The van der Waals surface area contributed by atoms with Gasteiger partial charge in [0.15, 0.2) is 0 Å².